The summed E-state index contributed by atoms with van der Waals surface area (Å²) in [7, 11) is 0. The van der Waals surface area contributed by atoms with Crippen molar-refractivity contribution in [3.05, 3.63) is 18.2 Å². The largest absolute Gasteiger partial charge is 0.444 e. The zero-order chi connectivity index (χ0) is 16.1. The van der Waals surface area contributed by atoms with E-state index in [4.69, 9.17) is 16.2 Å². The first kappa shape index (κ1) is 14.8. The number of rotatable bonds is 1. The van der Waals surface area contributed by atoms with Crippen LogP contribution in [0.4, 0.5) is 21.9 Å². The number of nitrogens with zero attached hydrogens (tertiary/aromatic N) is 2. The van der Waals surface area contributed by atoms with Crippen LogP contribution in [0.15, 0.2) is 18.2 Å². The van der Waals surface area contributed by atoms with Gasteiger partial charge < -0.3 is 26.0 Å². The fraction of sp³-hybridized carbons (Fsp3) is 0.562. The standard InChI is InChI=1S/C16H24N4O2/c1-15(2,3)22-14(21)20-9-16(10-20)7-19(8-16)12-6-4-5-11(17)13(12)18/h4-6H,7-10,17-18H2,1-3H3. The Labute approximate surface area is 131 Å². The Kier molecular flexibility index (Phi) is 3.16. The van der Waals surface area contributed by atoms with Gasteiger partial charge >= 0.3 is 6.09 Å². The number of ether oxygens (including phenoxy) is 1. The molecule has 2 aliphatic heterocycles. The first-order valence-electron chi connectivity index (χ1n) is 7.56. The third kappa shape index (κ3) is 2.53. The summed E-state index contributed by atoms with van der Waals surface area (Å²) >= 11 is 0. The van der Waals surface area contributed by atoms with Gasteiger partial charge in [-0.1, -0.05) is 6.07 Å². The van der Waals surface area contributed by atoms with E-state index in [1.807, 2.05) is 39.0 Å². The van der Waals surface area contributed by atoms with Gasteiger partial charge in [-0.3, -0.25) is 0 Å². The van der Waals surface area contributed by atoms with Crippen molar-refractivity contribution in [2.45, 2.75) is 26.4 Å². The van der Waals surface area contributed by atoms with Gasteiger partial charge in [0.2, 0.25) is 0 Å². The van der Waals surface area contributed by atoms with Crippen molar-refractivity contribution in [2.24, 2.45) is 5.41 Å². The molecule has 22 heavy (non-hydrogen) atoms. The third-order valence-corrected chi connectivity index (χ3v) is 4.21. The first-order valence-corrected chi connectivity index (χ1v) is 7.56. The van der Waals surface area contributed by atoms with Crippen molar-refractivity contribution in [3.8, 4) is 0 Å². The van der Waals surface area contributed by atoms with Crippen molar-refractivity contribution in [1.29, 1.82) is 0 Å². The Bertz CT molecular complexity index is 595. The van der Waals surface area contributed by atoms with E-state index >= 15 is 0 Å². The predicted octanol–water partition coefficient (Wildman–Crippen LogP) is 1.91. The highest BCUT2D eigenvalue weighted by Gasteiger charge is 2.54. The fourth-order valence-electron chi connectivity index (χ4n) is 3.20. The van der Waals surface area contributed by atoms with Crippen LogP contribution in [-0.4, -0.2) is 42.8 Å². The van der Waals surface area contributed by atoms with Crippen molar-refractivity contribution in [2.75, 3.05) is 42.5 Å². The molecule has 4 N–H and O–H groups in total. The molecule has 1 spiro atoms. The monoisotopic (exact) mass is 304 g/mol. The minimum atomic E-state index is -0.443. The van der Waals surface area contributed by atoms with Gasteiger partial charge in [-0.2, -0.15) is 0 Å². The van der Waals surface area contributed by atoms with Gasteiger partial charge in [-0.05, 0) is 32.9 Å². The maximum Gasteiger partial charge on any atom is 0.410 e. The number of nitrogens with two attached hydrogens (primary N) is 2. The predicted molar refractivity (Wildman–Crippen MR) is 87.7 cm³/mol. The second kappa shape index (κ2) is 4.69. The zero-order valence-corrected chi connectivity index (χ0v) is 13.4. The highest BCUT2D eigenvalue weighted by molar-refractivity contribution is 5.80. The molecular formula is C16H24N4O2. The molecule has 0 bridgehead atoms. The van der Waals surface area contributed by atoms with E-state index in [0.29, 0.717) is 11.4 Å². The lowest BCUT2D eigenvalue weighted by molar-refractivity contribution is -0.0452. The zero-order valence-electron chi connectivity index (χ0n) is 13.4. The molecule has 120 valence electrons. The molecule has 6 heteroatoms. The van der Waals surface area contributed by atoms with Gasteiger partial charge in [-0.25, -0.2) is 4.79 Å². The lowest BCUT2D eigenvalue weighted by Gasteiger charge is -2.60. The van der Waals surface area contributed by atoms with Gasteiger partial charge in [0.05, 0.1) is 17.1 Å². The molecule has 2 fully saturated rings. The maximum absolute atomic E-state index is 12.0. The number of amides is 1. The van der Waals surface area contributed by atoms with Gasteiger partial charge in [0.1, 0.15) is 5.60 Å². The summed E-state index contributed by atoms with van der Waals surface area (Å²) in [6.07, 6.45) is -0.222. The molecule has 1 amide bonds. The van der Waals surface area contributed by atoms with E-state index < -0.39 is 5.60 Å². The van der Waals surface area contributed by atoms with E-state index in [9.17, 15) is 4.79 Å². The van der Waals surface area contributed by atoms with Gasteiger partial charge in [0.25, 0.3) is 0 Å². The van der Waals surface area contributed by atoms with Crippen LogP contribution in [0.3, 0.4) is 0 Å². The summed E-state index contributed by atoms with van der Waals surface area (Å²) in [5.74, 6) is 0. The highest BCUT2D eigenvalue weighted by atomic mass is 16.6. The molecule has 2 aliphatic rings. The number of hydrogen-bond acceptors (Lipinski definition) is 5. The summed E-state index contributed by atoms with van der Waals surface area (Å²) in [6, 6.07) is 5.71. The van der Waals surface area contributed by atoms with Crippen LogP contribution in [0.2, 0.25) is 0 Å². The molecule has 1 aromatic rings. The number of benzene rings is 1. The van der Waals surface area contributed by atoms with Crippen LogP contribution in [0.1, 0.15) is 20.8 Å². The van der Waals surface area contributed by atoms with Crippen LogP contribution in [0.25, 0.3) is 0 Å². The first-order chi connectivity index (χ1) is 10.2. The lowest BCUT2D eigenvalue weighted by atomic mass is 9.72. The van der Waals surface area contributed by atoms with Crippen molar-refractivity contribution < 1.29 is 9.53 Å². The second-order valence-electron chi connectivity index (χ2n) is 7.47. The average molecular weight is 304 g/mol. The summed E-state index contributed by atoms with van der Waals surface area (Å²) in [5, 5.41) is 0. The molecular weight excluding hydrogens is 280 g/mol. The Morgan fingerprint density at radius 2 is 1.82 bits per heavy atom. The van der Waals surface area contributed by atoms with Crippen LogP contribution in [0.5, 0.6) is 0 Å². The Hall–Kier alpha value is -2.11. The molecule has 0 aliphatic carbocycles. The van der Waals surface area contributed by atoms with Crippen LogP contribution >= 0.6 is 0 Å². The summed E-state index contributed by atoms with van der Waals surface area (Å²) in [6.45, 7) is 8.96. The van der Waals surface area contributed by atoms with Crippen LogP contribution in [-0.2, 0) is 4.74 Å². The number of likely N-dealkylation sites (tertiary alicyclic amines) is 1. The van der Waals surface area contributed by atoms with Crippen molar-refractivity contribution in [1.82, 2.24) is 4.90 Å². The summed E-state index contributed by atoms with van der Waals surface area (Å²) in [4.78, 5) is 16.0. The Morgan fingerprint density at radius 3 is 2.41 bits per heavy atom. The van der Waals surface area contributed by atoms with E-state index in [1.54, 1.807) is 4.90 Å². The van der Waals surface area contributed by atoms with E-state index in [-0.39, 0.29) is 11.5 Å². The molecule has 1 aromatic carbocycles. The molecule has 0 unspecified atom stereocenters. The molecule has 2 saturated heterocycles. The molecule has 0 atom stereocenters. The van der Waals surface area contributed by atoms with E-state index in [2.05, 4.69) is 4.90 Å². The quantitative estimate of drug-likeness (QED) is 0.774. The minimum Gasteiger partial charge on any atom is -0.444 e. The SMILES string of the molecule is CC(C)(C)OC(=O)N1CC2(C1)CN(c1cccc(N)c1N)C2. The number of anilines is 3. The number of carbonyl (C=O) groups is 1. The number of carbonyl (C=O) groups excluding carboxylic acids is 1. The molecule has 3 rings (SSSR count). The minimum absolute atomic E-state index is 0.188. The molecule has 0 radical (unpaired) electrons. The number of para-hydroxylation sites is 1. The summed E-state index contributed by atoms with van der Waals surface area (Å²) < 4.78 is 5.39. The van der Waals surface area contributed by atoms with E-state index in [1.165, 1.54) is 0 Å². The Balaban J connectivity index is 1.55. The molecule has 0 aromatic heterocycles. The molecule has 2 heterocycles. The van der Waals surface area contributed by atoms with Crippen LogP contribution < -0.4 is 16.4 Å². The third-order valence-electron chi connectivity index (χ3n) is 4.21. The van der Waals surface area contributed by atoms with Crippen molar-refractivity contribution in [3.63, 3.8) is 0 Å². The Morgan fingerprint density at radius 1 is 1.18 bits per heavy atom. The smallest absolute Gasteiger partial charge is 0.410 e. The lowest BCUT2D eigenvalue weighted by Crippen LogP contribution is -2.73. The number of nitrogen functional groups attached to an aromatic ring is 2. The average Bonchev–Trinajstić information content (AvgIpc) is 2.28. The van der Waals surface area contributed by atoms with Gasteiger partial charge in [0, 0.05) is 31.6 Å². The number of hydrogen-bond donors (Lipinski definition) is 2. The second-order valence-corrected chi connectivity index (χ2v) is 7.47. The normalized spacial score (nSPS) is 19.6. The highest BCUT2D eigenvalue weighted by Crippen LogP contribution is 2.44. The van der Waals surface area contributed by atoms with Crippen molar-refractivity contribution >= 4 is 23.2 Å². The molecule has 0 saturated carbocycles. The summed E-state index contributed by atoms with van der Waals surface area (Å²) in [5.41, 5.74) is 13.9. The van der Waals surface area contributed by atoms with E-state index in [0.717, 1.165) is 31.9 Å². The molecule has 6 nitrogen and oxygen atoms in total. The van der Waals surface area contributed by atoms with Gasteiger partial charge in [0.15, 0.2) is 0 Å². The van der Waals surface area contributed by atoms with Crippen LogP contribution in [0, 0.1) is 5.41 Å². The maximum atomic E-state index is 12.0. The van der Waals surface area contributed by atoms with Gasteiger partial charge in [-0.15, -0.1) is 0 Å². The topological polar surface area (TPSA) is 84.8 Å². The fourth-order valence-corrected chi connectivity index (χ4v) is 3.20.